The largest absolute Gasteiger partial charge is 0.375 e. The van der Waals surface area contributed by atoms with Crippen molar-refractivity contribution in [1.82, 2.24) is 29.4 Å². The number of aromatic nitrogens is 5. The van der Waals surface area contributed by atoms with Gasteiger partial charge in [-0.05, 0) is 18.9 Å². The second-order valence-electron chi connectivity index (χ2n) is 6.08. The van der Waals surface area contributed by atoms with E-state index in [4.69, 9.17) is 4.74 Å². The molecule has 2 fully saturated rings. The standard InChI is InChI=1S/C15H20N6O2/c22-15-6-5-14(20-10-16-9-17-20)18-21(15)11-19-7-8-23-13-4-2-1-3-12(13)19/h5-6,9-10,12-13H,1-4,7-8,11H2/t12-,13-/m0/s1. The second kappa shape index (κ2) is 6.21. The molecule has 2 aromatic rings. The molecule has 0 amide bonds. The Morgan fingerprint density at radius 1 is 1.26 bits per heavy atom. The summed E-state index contributed by atoms with van der Waals surface area (Å²) in [5.74, 6) is 0.593. The van der Waals surface area contributed by atoms with Gasteiger partial charge in [0.25, 0.3) is 5.56 Å². The van der Waals surface area contributed by atoms with Gasteiger partial charge in [0.1, 0.15) is 12.7 Å². The van der Waals surface area contributed by atoms with Crippen molar-refractivity contribution in [3.05, 3.63) is 35.1 Å². The van der Waals surface area contributed by atoms with Gasteiger partial charge in [0.15, 0.2) is 5.82 Å². The maximum Gasteiger partial charge on any atom is 0.268 e. The van der Waals surface area contributed by atoms with Gasteiger partial charge in [-0.2, -0.15) is 5.10 Å². The Morgan fingerprint density at radius 3 is 3.04 bits per heavy atom. The van der Waals surface area contributed by atoms with Crippen LogP contribution >= 0.6 is 0 Å². The first-order valence-electron chi connectivity index (χ1n) is 8.10. The summed E-state index contributed by atoms with van der Waals surface area (Å²) in [6, 6.07) is 3.58. The third-order valence-corrected chi connectivity index (χ3v) is 4.67. The molecule has 2 aliphatic rings. The van der Waals surface area contributed by atoms with Crippen LogP contribution in [-0.2, 0) is 11.4 Å². The summed E-state index contributed by atoms with van der Waals surface area (Å²) in [6.07, 6.45) is 8.02. The van der Waals surface area contributed by atoms with Crippen LogP contribution in [-0.4, -0.2) is 54.7 Å². The van der Waals surface area contributed by atoms with E-state index in [0.29, 0.717) is 24.6 Å². The molecule has 4 rings (SSSR count). The van der Waals surface area contributed by atoms with E-state index < -0.39 is 0 Å². The van der Waals surface area contributed by atoms with Crippen LogP contribution in [0.2, 0.25) is 0 Å². The SMILES string of the molecule is O=c1ccc(-n2cncn2)nn1CN1CCO[C@H]2CCCC[C@@H]21. The van der Waals surface area contributed by atoms with E-state index in [1.807, 2.05) is 0 Å². The van der Waals surface area contributed by atoms with Crippen molar-refractivity contribution < 1.29 is 4.74 Å². The Balaban J connectivity index is 1.58. The zero-order chi connectivity index (χ0) is 15.6. The summed E-state index contributed by atoms with van der Waals surface area (Å²) in [6.45, 7) is 2.05. The van der Waals surface area contributed by atoms with Gasteiger partial charge in [0, 0.05) is 18.7 Å². The summed E-state index contributed by atoms with van der Waals surface area (Å²) < 4.78 is 8.95. The average Bonchev–Trinajstić information content (AvgIpc) is 3.12. The first-order chi connectivity index (χ1) is 11.3. The molecule has 3 heterocycles. The third-order valence-electron chi connectivity index (χ3n) is 4.67. The van der Waals surface area contributed by atoms with Crippen LogP contribution in [0.15, 0.2) is 29.6 Å². The lowest BCUT2D eigenvalue weighted by Crippen LogP contribution is -2.53. The van der Waals surface area contributed by atoms with Gasteiger partial charge in [-0.1, -0.05) is 12.8 Å². The van der Waals surface area contributed by atoms with Crippen LogP contribution < -0.4 is 5.56 Å². The number of rotatable bonds is 3. The zero-order valence-corrected chi connectivity index (χ0v) is 12.9. The molecule has 8 heteroatoms. The first-order valence-corrected chi connectivity index (χ1v) is 8.10. The fourth-order valence-electron chi connectivity index (χ4n) is 3.51. The highest BCUT2D eigenvalue weighted by Crippen LogP contribution is 2.28. The summed E-state index contributed by atoms with van der Waals surface area (Å²) in [4.78, 5) is 18.4. The molecule has 0 N–H and O–H groups in total. The fraction of sp³-hybridized carbons (Fsp3) is 0.600. The molecule has 0 spiro atoms. The lowest BCUT2D eigenvalue weighted by Gasteiger charge is -2.43. The first kappa shape index (κ1) is 14.5. The van der Waals surface area contributed by atoms with Crippen molar-refractivity contribution in [2.24, 2.45) is 0 Å². The molecule has 2 atom stereocenters. The number of ether oxygens (including phenoxy) is 1. The number of fused-ring (bicyclic) bond motifs is 1. The fourth-order valence-corrected chi connectivity index (χ4v) is 3.51. The van der Waals surface area contributed by atoms with Crippen LogP contribution in [0.25, 0.3) is 5.82 Å². The Morgan fingerprint density at radius 2 is 2.17 bits per heavy atom. The summed E-state index contributed by atoms with van der Waals surface area (Å²) in [5.41, 5.74) is -0.104. The molecule has 1 aliphatic heterocycles. The molecule has 23 heavy (non-hydrogen) atoms. The van der Waals surface area contributed by atoms with Crippen LogP contribution in [0.3, 0.4) is 0 Å². The van der Waals surface area contributed by atoms with Gasteiger partial charge in [-0.3, -0.25) is 9.69 Å². The Kier molecular flexibility index (Phi) is 3.92. The van der Waals surface area contributed by atoms with Gasteiger partial charge in [-0.15, -0.1) is 5.10 Å². The lowest BCUT2D eigenvalue weighted by molar-refractivity contribution is -0.0996. The second-order valence-corrected chi connectivity index (χ2v) is 6.08. The maximum atomic E-state index is 12.2. The highest BCUT2D eigenvalue weighted by atomic mass is 16.5. The molecule has 0 unspecified atom stereocenters. The number of hydrogen-bond acceptors (Lipinski definition) is 6. The Labute approximate surface area is 133 Å². The minimum Gasteiger partial charge on any atom is -0.375 e. The molecule has 0 radical (unpaired) electrons. The molecule has 122 valence electrons. The Hall–Kier alpha value is -2.06. The summed E-state index contributed by atoms with van der Waals surface area (Å²) in [7, 11) is 0. The molecule has 0 bridgehead atoms. The van der Waals surface area contributed by atoms with Crippen LogP contribution in [0, 0.1) is 0 Å². The van der Waals surface area contributed by atoms with Gasteiger partial charge in [0.2, 0.25) is 0 Å². The number of nitrogens with zero attached hydrogens (tertiary/aromatic N) is 6. The molecule has 1 saturated carbocycles. The molecular weight excluding hydrogens is 296 g/mol. The van der Waals surface area contributed by atoms with Gasteiger partial charge in [-0.25, -0.2) is 14.3 Å². The summed E-state index contributed by atoms with van der Waals surface area (Å²) in [5, 5.41) is 8.49. The van der Waals surface area contributed by atoms with Crippen molar-refractivity contribution in [2.75, 3.05) is 13.2 Å². The van der Waals surface area contributed by atoms with E-state index >= 15 is 0 Å². The topological polar surface area (TPSA) is 78.1 Å². The highest BCUT2D eigenvalue weighted by Gasteiger charge is 2.34. The summed E-state index contributed by atoms with van der Waals surface area (Å²) >= 11 is 0. The van der Waals surface area contributed by atoms with Gasteiger partial charge < -0.3 is 4.74 Å². The molecule has 2 aromatic heterocycles. The molecule has 0 aromatic carbocycles. The van der Waals surface area contributed by atoms with E-state index in [2.05, 4.69) is 20.1 Å². The molecular formula is C15H20N6O2. The van der Waals surface area contributed by atoms with E-state index in [0.717, 1.165) is 26.0 Å². The monoisotopic (exact) mass is 316 g/mol. The van der Waals surface area contributed by atoms with Crippen LogP contribution in [0.4, 0.5) is 0 Å². The maximum absolute atomic E-state index is 12.2. The molecule has 1 aliphatic carbocycles. The average molecular weight is 316 g/mol. The normalized spacial score (nSPS) is 25.2. The van der Waals surface area contributed by atoms with Crippen LogP contribution in [0.5, 0.6) is 0 Å². The quantitative estimate of drug-likeness (QED) is 0.817. The minimum atomic E-state index is -0.104. The molecule has 8 nitrogen and oxygen atoms in total. The van der Waals surface area contributed by atoms with E-state index in [9.17, 15) is 4.79 Å². The minimum absolute atomic E-state index is 0.104. The Bertz CT molecular complexity index is 711. The number of morpholine rings is 1. The predicted octanol–water partition coefficient (Wildman–Crippen LogP) is 0.425. The van der Waals surface area contributed by atoms with Crippen molar-refractivity contribution in [3.8, 4) is 5.82 Å². The third kappa shape index (κ3) is 2.91. The predicted molar refractivity (Wildman–Crippen MR) is 82.1 cm³/mol. The van der Waals surface area contributed by atoms with Crippen molar-refractivity contribution in [3.63, 3.8) is 0 Å². The van der Waals surface area contributed by atoms with Crippen molar-refractivity contribution in [2.45, 2.75) is 44.5 Å². The smallest absolute Gasteiger partial charge is 0.268 e. The number of hydrogen-bond donors (Lipinski definition) is 0. The van der Waals surface area contributed by atoms with E-state index in [-0.39, 0.29) is 5.56 Å². The lowest BCUT2D eigenvalue weighted by atomic mass is 9.90. The molecule has 1 saturated heterocycles. The van der Waals surface area contributed by atoms with Crippen molar-refractivity contribution in [1.29, 1.82) is 0 Å². The van der Waals surface area contributed by atoms with Crippen LogP contribution in [0.1, 0.15) is 25.7 Å². The van der Waals surface area contributed by atoms with E-state index in [1.165, 1.54) is 29.9 Å². The van der Waals surface area contributed by atoms with Gasteiger partial charge >= 0.3 is 0 Å². The van der Waals surface area contributed by atoms with Gasteiger partial charge in [0.05, 0.1) is 19.4 Å². The van der Waals surface area contributed by atoms with E-state index in [1.54, 1.807) is 17.1 Å². The zero-order valence-electron chi connectivity index (χ0n) is 12.9. The van der Waals surface area contributed by atoms with Crippen molar-refractivity contribution >= 4 is 0 Å². The highest BCUT2D eigenvalue weighted by molar-refractivity contribution is 5.16.